The fraction of sp³-hybridized carbons (Fsp3) is 0.619. The first-order valence-corrected chi connectivity index (χ1v) is 14.4. The van der Waals surface area contributed by atoms with Gasteiger partial charge in [-0.3, -0.25) is 0 Å². The molecule has 2 fully saturated rings. The number of halogens is 4. The summed E-state index contributed by atoms with van der Waals surface area (Å²) < 4.78 is 35.4. The average Bonchev–Trinajstić information content (AvgIpc) is 2.91. The Morgan fingerprint density at radius 1 is 1.20 bits per heavy atom. The number of rotatable bonds is 3. The number of hydrogen-bond donors (Lipinski definition) is 0. The van der Waals surface area contributed by atoms with Gasteiger partial charge in [0.15, 0.2) is 14.1 Å². The number of aromatic nitrogens is 2. The van der Waals surface area contributed by atoms with Crippen molar-refractivity contribution in [3.05, 3.63) is 27.5 Å². The molecule has 3 atom stereocenters. The van der Waals surface area contributed by atoms with E-state index in [0.29, 0.717) is 23.0 Å². The van der Waals surface area contributed by atoms with Crippen molar-refractivity contribution in [1.29, 1.82) is 0 Å². The third kappa shape index (κ3) is 3.89. The van der Waals surface area contributed by atoms with E-state index in [1.807, 2.05) is 0 Å². The molecule has 0 N–H and O–H groups in total. The lowest BCUT2D eigenvalue weighted by atomic mass is 9.98. The molecule has 1 aromatic heterocycles. The van der Waals surface area contributed by atoms with Crippen molar-refractivity contribution < 1.29 is 13.2 Å². The fourth-order valence-corrected chi connectivity index (χ4v) is 6.32. The lowest BCUT2D eigenvalue weighted by Crippen LogP contribution is -2.46. The molecule has 1 aromatic carbocycles. The summed E-state index contributed by atoms with van der Waals surface area (Å²) in [5, 5.41) is 0.463. The van der Waals surface area contributed by atoms with E-state index in [1.165, 1.54) is 6.07 Å². The molecule has 1 aliphatic carbocycles. The Balaban J connectivity index is 1.66. The standard InChI is InChI=1S/C21H27BrClF2N3OSi/c1-21(2,3)30(4,5)29-15-7-11-6-12(15)10-28(9-11)19-13-8-14(24)16(22)17(25)18(13)26-20(23)27-19/h8,11-12,15H,6-7,9-10H2,1-5H3/t11-,12-,15?/m1/s1. The number of hydrogen-bond acceptors (Lipinski definition) is 4. The van der Waals surface area contributed by atoms with Crippen LogP contribution in [0.5, 0.6) is 0 Å². The molecule has 2 heterocycles. The second-order valence-electron chi connectivity index (χ2n) is 10.1. The summed E-state index contributed by atoms with van der Waals surface area (Å²) in [5.41, 5.74) is 0.0327. The van der Waals surface area contributed by atoms with Gasteiger partial charge in [0.25, 0.3) is 0 Å². The predicted molar refractivity (Wildman–Crippen MR) is 123 cm³/mol. The van der Waals surface area contributed by atoms with Gasteiger partial charge in [0.05, 0.1) is 4.47 Å². The van der Waals surface area contributed by atoms with Crippen molar-refractivity contribution in [3.63, 3.8) is 0 Å². The summed E-state index contributed by atoms with van der Waals surface area (Å²) in [6.45, 7) is 12.8. The Bertz CT molecular complexity index is 1000. The summed E-state index contributed by atoms with van der Waals surface area (Å²) in [5.74, 6) is -0.0989. The van der Waals surface area contributed by atoms with E-state index < -0.39 is 20.0 Å². The number of benzene rings is 1. The molecule has 1 unspecified atom stereocenters. The van der Waals surface area contributed by atoms with Crippen molar-refractivity contribution in [2.75, 3.05) is 18.0 Å². The van der Waals surface area contributed by atoms with Gasteiger partial charge in [0.1, 0.15) is 17.2 Å². The van der Waals surface area contributed by atoms with E-state index >= 15 is 0 Å². The van der Waals surface area contributed by atoms with E-state index in [4.69, 9.17) is 16.0 Å². The maximum Gasteiger partial charge on any atom is 0.225 e. The summed E-state index contributed by atoms with van der Waals surface area (Å²) in [6, 6.07) is 1.29. The molecule has 4 nitrogen and oxygen atoms in total. The first kappa shape index (κ1) is 22.4. The number of nitrogens with zero attached hydrogens (tertiary/aromatic N) is 3. The molecule has 0 radical (unpaired) electrons. The first-order chi connectivity index (χ1) is 13.9. The molecule has 0 spiro atoms. The van der Waals surface area contributed by atoms with Crippen molar-refractivity contribution in [2.24, 2.45) is 11.8 Å². The summed E-state index contributed by atoms with van der Waals surface area (Å²) in [6.07, 6.45) is 2.34. The molecule has 2 bridgehead atoms. The zero-order chi connectivity index (χ0) is 22.0. The molecule has 2 aromatic rings. The van der Waals surface area contributed by atoms with Gasteiger partial charge in [-0.25, -0.2) is 13.8 Å². The topological polar surface area (TPSA) is 38.2 Å². The van der Waals surface area contributed by atoms with E-state index in [1.54, 1.807) is 0 Å². The molecule has 2 aliphatic rings. The Morgan fingerprint density at radius 3 is 2.57 bits per heavy atom. The molecule has 1 aliphatic heterocycles. The van der Waals surface area contributed by atoms with Crippen LogP contribution in [0.1, 0.15) is 33.6 Å². The van der Waals surface area contributed by atoms with Crippen LogP contribution in [-0.2, 0) is 4.43 Å². The van der Waals surface area contributed by atoms with Crippen LogP contribution in [0.25, 0.3) is 10.9 Å². The van der Waals surface area contributed by atoms with Crippen LogP contribution in [0.2, 0.25) is 23.4 Å². The molecule has 9 heteroatoms. The highest BCUT2D eigenvalue weighted by atomic mass is 79.9. The zero-order valence-corrected chi connectivity index (χ0v) is 21.2. The highest BCUT2D eigenvalue weighted by Crippen LogP contribution is 2.45. The zero-order valence-electron chi connectivity index (χ0n) is 17.9. The van der Waals surface area contributed by atoms with E-state index in [0.717, 1.165) is 25.9 Å². The normalized spacial score (nSPS) is 24.7. The molecule has 164 valence electrons. The lowest BCUT2D eigenvalue weighted by molar-refractivity contribution is 0.145. The summed E-state index contributed by atoms with van der Waals surface area (Å²) in [7, 11) is -1.87. The van der Waals surface area contributed by atoms with E-state index in [-0.39, 0.29) is 26.4 Å². The Hall–Kier alpha value is -0.833. The molecule has 1 saturated carbocycles. The summed E-state index contributed by atoms with van der Waals surface area (Å²) >= 11 is 9.06. The Kier molecular flexibility index (Phi) is 5.69. The fourth-order valence-electron chi connectivity index (χ4n) is 4.45. The van der Waals surface area contributed by atoms with Gasteiger partial charge >= 0.3 is 0 Å². The molecule has 30 heavy (non-hydrogen) atoms. The minimum atomic E-state index is -1.87. The van der Waals surface area contributed by atoms with E-state index in [9.17, 15) is 8.78 Å². The number of fused-ring (bicyclic) bond motifs is 3. The van der Waals surface area contributed by atoms with Crippen molar-refractivity contribution in [2.45, 2.75) is 57.8 Å². The Labute approximate surface area is 190 Å². The first-order valence-electron chi connectivity index (χ1n) is 10.3. The van der Waals surface area contributed by atoms with Crippen LogP contribution in [0.15, 0.2) is 10.5 Å². The van der Waals surface area contributed by atoms with Gasteiger partial charge in [0, 0.05) is 30.5 Å². The van der Waals surface area contributed by atoms with Crippen LogP contribution in [0.4, 0.5) is 14.6 Å². The highest BCUT2D eigenvalue weighted by molar-refractivity contribution is 9.10. The maximum atomic E-state index is 14.6. The monoisotopic (exact) mass is 517 g/mol. The van der Waals surface area contributed by atoms with Gasteiger partial charge < -0.3 is 9.33 Å². The molecule has 4 rings (SSSR count). The second kappa shape index (κ2) is 7.64. The lowest BCUT2D eigenvalue weighted by Gasteiger charge is -2.40. The Morgan fingerprint density at radius 2 is 1.90 bits per heavy atom. The quantitative estimate of drug-likeness (QED) is 0.262. The SMILES string of the molecule is CC(C)(C)[Si](C)(C)OC1C[C@H]2C[C@@H]1CN(c1nc(Cl)nc3c(F)c(Br)c(F)cc13)C2. The summed E-state index contributed by atoms with van der Waals surface area (Å²) in [4.78, 5) is 10.5. The van der Waals surface area contributed by atoms with Crippen molar-refractivity contribution in [3.8, 4) is 0 Å². The minimum Gasteiger partial charge on any atom is -0.414 e. The predicted octanol–water partition coefficient (Wildman–Crippen LogP) is 6.56. The number of anilines is 1. The van der Waals surface area contributed by atoms with Gasteiger partial charge in [-0.05, 0) is 70.5 Å². The van der Waals surface area contributed by atoms with Gasteiger partial charge in [-0.1, -0.05) is 20.8 Å². The van der Waals surface area contributed by atoms with Gasteiger partial charge in [-0.15, -0.1) is 0 Å². The second-order valence-corrected chi connectivity index (χ2v) is 16.0. The van der Waals surface area contributed by atoms with E-state index in [2.05, 4.69) is 64.7 Å². The van der Waals surface area contributed by atoms with Crippen LogP contribution in [0, 0.1) is 23.5 Å². The number of piperidine rings is 1. The average molecular weight is 519 g/mol. The van der Waals surface area contributed by atoms with Crippen LogP contribution in [0.3, 0.4) is 0 Å². The third-order valence-corrected chi connectivity index (χ3v) is 12.4. The minimum absolute atomic E-state index is 0.0327. The molecular weight excluding hydrogens is 492 g/mol. The van der Waals surface area contributed by atoms with Crippen LogP contribution < -0.4 is 4.90 Å². The van der Waals surface area contributed by atoms with Crippen LogP contribution >= 0.6 is 27.5 Å². The highest BCUT2D eigenvalue weighted by Gasteiger charge is 2.46. The molecule has 0 amide bonds. The smallest absolute Gasteiger partial charge is 0.225 e. The third-order valence-electron chi connectivity index (χ3n) is 6.99. The molecule has 1 saturated heterocycles. The largest absolute Gasteiger partial charge is 0.414 e. The van der Waals surface area contributed by atoms with Gasteiger partial charge in [0.2, 0.25) is 5.28 Å². The van der Waals surface area contributed by atoms with Crippen LogP contribution in [-0.4, -0.2) is 37.5 Å². The van der Waals surface area contributed by atoms with Crippen molar-refractivity contribution in [1.82, 2.24) is 9.97 Å². The van der Waals surface area contributed by atoms with Crippen molar-refractivity contribution >= 4 is 52.6 Å². The van der Waals surface area contributed by atoms with Gasteiger partial charge in [-0.2, -0.15) is 4.98 Å². The molecular formula is C21H27BrClF2N3OSi. The maximum absolute atomic E-state index is 14.6.